The van der Waals surface area contributed by atoms with E-state index in [-0.39, 0.29) is 12.7 Å². The van der Waals surface area contributed by atoms with Gasteiger partial charge in [0.05, 0.1) is 6.26 Å². The molecule has 27 heavy (non-hydrogen) atoms. The normalized spacial score (nSPS) is 16.6. The first-order valence-electron chi connectivity index (χ1n) is 8.91. The standard InChI is InChI=1S/C19H22N4O4/c1-20-19(21-12-14-4-5-15-17(11-14)27-13-26-15)23-8-6-22(7-9-23)18(24)16-3-2-10-25-16/h2-5,10-11H,6-9,12-13H2,1H3,(H,20,21). The lowest BCUT2D eigenvalue weighted by Gasteiger charge is -2.36. The second-order valence-corrected chi connectivity index (χ2v) is 6.34. The van der Waals surface area contributed by atoms with Crippen LogP contribution in [0.15, 0.2) is 46.0 Å². The summed E-state index contributed by atoms with van der Waals surface area (Å²) in [5.41, 5.74) is 1.09. The number of hydrogen-bond acceptors (Lipinski definition) is 5. The Bertz CT molecular complexity index is 826. The van der Waals surface area contributed by atoms with Gasteiger partial charge in [0.1, 0.15) is 0 Å². The fourth-order valence-electron chi connectivity index (χ4n) is 3.24. The van der Waals surface area contributed by atoms with Gasteiger partial charge in [0.25, 0.3) is 5.91 Å². The number of nitrogens with zero attached hydrogens (tertiary/aromatic N) is 3. The molecule has 2 aromatic rings. The minimum absolute atomic E-state index is 0.0667. The Morgan fingerprint density at radius 3 is 2.63 bits per heavy atom. The summed E-state index contributed by atoms with van der Waals surface area (Å²) in [4.78, 5) is 20.7. The van der Waals surface area contributed by atoms with Crippen LogP contribution in [0.1, 0.15) is 16.1 Å². The molecule has 8 heteroatoms. The van der Waals surface area contributed by atoms with E-state index in [1.807, 2.05) is 18.2 Å². The van der Waals surface area contributed by atoms with E-state index < -0.39 is 0 Å². The fraction of sp³-hybridized carbons (Fsp3) is 0.368. The van der Waals surface area contributed by atoms with Crippen molar-refractivity contribution in [3.8, 4) is 11.5 Å². The molecule has 3 heterocycles. The summed E-state index contributed by atoms with van der Waals surface area (Å²) in [7, 11) is 1.77. The first-order valence-corrected chi connectivity index (χ1v) is 8.91. The number of nitrogens with one attached hydrogen (secondary N) is 1. The number of furan rings is 1. The second-order valence-electron chi connectivity index (χ2n) is 6.34. The van der Waals surface area contributed by atoms with Crippen molar-refractivity contribution in [2.24, 2.45) is 4.99 Å². The van der Waals surface area contributed by atoms with E-state index in [0.717, 1.165) is 23.0 Å². The van der Waals surface area contributed by atoms with Gasteiger partial charge in [-0.1, -0.05) is 6.07 Å². The van der Waals surface area contributed by atoms with Crippen LogP contribution in [0.2, 0.25) is 0 Å². The van der Waals surface area contributed by atoms with Gasteiger partial charge in [-0.15, -0.1) is 0 Å². The molecule has 0 spiro atoms. The number of guanidine groups is 1. The third kappa shape index (κ3) is 3.69. The average Bonchev–Trinajstić information content (AvgIpc) is 3.40. The predicted octanol–water partition coefficient (Wildman–Crippen LogP) is 1.54. The van der Waals surface area contributed by atoms with Crippen LogP contribution in [0.25, 0.3) is 0 Å². The first kappa shape index (κ1) is 17.3. The van der Waals surface area contributed by atoms with Gasteiger partial charge < -0.3 is 29.0 Å². The van der Waals surface area contributed by atoms with Crippen molar-refractivity contribution < 1.29 is 18.7 Å². The summed E-state index contributed by atoms with van der Waals surface area (Å²) in [5, 5.41) is 3.38. The molecule has 4 rings (SSSR count). The number of piperazine rings is 1. The summed E-state index contributed by atoms with van der Waals surface area (Å²) in [6.45, 7) is 3.60. The lowest BCUT2D eigenvalue weighted by molar-refractivity contribution is 0.0657. The Hall–Kier alpha value is -3.16. The zero-order valence-electron chi connectivity index (χ0n) is 15.2. The Morgan fingerprint density at radius 2 is 1.89 bits per heavy atom. The van der Waals surface area contributed by atoms with E-state index in [0.29, 0.717) is 38.5 Å². The molecule has 0 atom stereocenters. The zero-order chi connectivity index (χ0) is 18.6. The fourth-order valence-corrected chi connectivity index (χ4v) is 3.24. The molecule has 0 bridgehead atoms. The summed E-state index contributed by atoms with van der Waals surface area (Å²) >= 11 is 0. The van der Waals surface area contributed by atoms with Crippen LogP contribution in [0.3, 0.4) is 0 Å². The van der Waals surface area contributed by atoms with E-state index >= 15 is 0 Å². The van der Waals surface area contributed by atoms with Crippen LogP contribution < -0.4 is 14.8 Å². The van der Waals surface area contributed by atoms with Crippen LogP contribution in [-0.4, -0.2) is 61.7 Å². The van der Waals surface area contributed by atoms with Gasteiger partial charge >= 0.3 is 0 Å². The molecule has 8 nitrogen and oxygen atoms in total. The minimum Gasteiger partial charge on any atom is -0.459 e. The quantitative estimate of drug-likeness (QED) is 0.652. The number of carbonyl (C=O) groups is 1. The number of carbonyl (C=O) groups excluding carboxylic acids is 1. The molecular weight excluding hydrogens is 348 g/mol. The molecule has 0 saturated carbocycles. The SMILES string of the molecule is CN=C(NCc1ccc2c(c1)OCO2)N1CCN(C(=O)c2ccco2)CC1. The largest absolute Gasteiger partial charge is 0.459 e. The summed E-state index contributed by atoms with van der Waals surface area (Å²) in [5.74, 6) is 2.68. The minimum atomic E-state index is -0.0667. The molecule has 0 unspecified atom stereocenters. The molecule has 1 aromatic heterocycles. The van der Waals surface area contributed by atoms with Crippen LogP contribution in [0.4, 0.5) is 0 Å². The summed E-state index contributed by atoms with van der Waals surface area (Å²) < 4.78 is 16.0. The molecule has 0 aliphatic carbocycles. The Kier molecular flexibility index (Phi) is 4.86. The van der Waals surface area contributed by atoms with Gasteiger partial charge in [-0.05, 0) is 29.8 Å². The van der Waals surface area contributed by atoms with E-state index in [4.69, 9.17) is 13.9 Å². The Morgan fingerprint density at radius 1 is 1.11 bits per heavy atom. The van der Waals surface area contributed by atoms with Crippen molar-refractivity contribution in [3.63, 3.8) is 0 Å². The van der Waals surface area contributed by atoms with Crippen molar-refractivity contribution >= 4 is 11.9 Å². The van der Waals surface area contributed by atoms with Crippen molar-refractivity contribution in [3.05, 3.63) is 47.9 Å². The number of benzene rings is 1. The highest BCUT2D eigenvalue weighted by atomic mass is 16.7. The molecule has 1 aromatic carbocycles. The second kappa shape index (κ2) is 7.61. The number of aliphatic imine (C=N–C) groups is 1. The zero-order valence-corrected chi connectivity index (χ0v) is 15.2. The third-order valence-electron chi connectivity index (χ3n) is 4.70. The number of ether oxygens (including phenoxy) is 2. The van der Waals surface area contributed by atoms with Crippen molar-refractivity contribution in [2.45, 2.75) is 6.54 Å². The van der Waals surface area contributed by atoms with Crippen molar-refractivity contribution in [1.82, 2.24) is 15.1 Å². The van der Waals surface area contributed by atoms with Crippen molar-refractivity contribution in [1.29, 1.82) is 0 Å². The average molecular weight is 370 g/mol. The van der Waals surface area contributed by atoms with E-state index in [2.05, 4.69) is 15.2 Å². The van der Waals surface area contributed by atoms with Gasteiger partial charge in [-0.2, -0.15) is 0 Å². The molecule has 1 fully saturated rings. The number of hydrogen-bond donors (Lipinski definition) is 1. The monoisotopic (exact) mass is 370 g/mol. The topological polar surface area (TPSA) is 79.5 Å². The number of rotatable bonds is 3. The number of fused-ring (bicyclic) bond motifs is 1. The molecule has 1 amide bonds. The van der Waals surface area contributed by atoms with Gasteiger partial charge in [0.2, 0.25) is 6.79 Å². The maximum absolute atomic E-state index is 12.4. The van der Waals surface area contributed by atoms with Gasteiger partial charge in [-0.3, -0.25) is 9.79 Å². The lowest BCUT2D eigenvalue weighted by atomic mass is 10.2. The van der Waals surface area contributed by atoms with Gasteiger partial charge in [0.15, 0.2) is 23.2 Å². The third-order valence-corrected chi connectivity index (χ3v) is 4.70. The smallest absolute Gasteiger partial charge is 0.289 e. The van der Waals surface area contributed by atoms with Crippen LogP contribution in [0.5, 0.6) is 11.5 Å². The maximum atomic E-state index is 12.4. The molecule has 0 radical (unpaired) electrons. The molecule has 2 aliphatic rings. The van der Waals surface area contributed by atoms with Gasteiger partial charge in [0, 0.05) is 39.8 Å². The van der Waals surface area contributed by atoms with Crippen LogP contribution in [-0.2, 0) is 6.54 Å². The summed E-state index contributed by atoms with van der Waals surface area (Å²) in [6.07, 6.45) is 1.52. The molecule has 1 saturated heterocycles. The van der Waals surface area contributed by atoms with Gasteiger partial charge in [-0.25, -0.2) is 0 Å². The Labute approximate surface area is 157 Å². The molecule has 1 N–H and O–H groups in total. The maximum Gasteiger partial charge on any atom is 0.289 e. The van der Waals surface area contributed by atoms with Crippen LogP contribution in [0, 0.1) is 0 Å². The highest BCUT2D eigenvalue weighted by molar-refractivity contribution is 5.91. The van der Waals surface area contributed by atoms with E-state index in [1.165, 1.54) is 6.26 Å². The molecule has 2 aliphatic heterocycles. The Balaban J connectivity index is 1.31. The lowest BCUT2D eigenvalue weighted by Crippen LogP contribution is -2.53. The highest BCUT2D eigenvalue weighted by Gasteiger charge is 2.25. The van der Waals surface area contributed by atoms with E-state index in [9.17, 15) is 4.79 Å². The molecular formula is C19H22N4O4. The predicted molar refractivity (Wildman–Crippen MR) is 98.9 cm³/mol. The first-order chi connectivity index (χ1) is 13.2. The summed E-state index contributed by atoms with van der Waals surface area (Å²) in [6, 6.07) is 9.32. The van der Waals surface area contributed by atoms with E-state index in [1.54, 1.807) is 24.1 Å². The van der Waals surface area contributed by atoms with Crippen LogP contribution >= 0.6 is 0 Å². The van der Waals surface area contributed by atoms with Crippen molar-refractivity contribution in [2.75, 3.05) is 40.0 Å². The highest BCUT2D eigenvalue weighted by Crippen LogP contribution is 2.32. The number of amides is 1. The molecule has 142 valence electrons.